The standard InChI is InChI=1S/C29H33F3N4O5S3/c1-28(37,29(30,31)32)21-11-13-22(14-12-21)35-17-16-34(44(40,41)27-10-3-2-9-26(27)42)19-24(35)20-36(23-6-4-7-23)43(38,39)25-8-5-15-33-18-25/h2-3,5,8,10-15,18,23-24,37H,4,6-7,9,16-17,19-20H2,1H3/t24-,28+/m1/s1. The molecule has 238 valence electrons. The number of rotatable bonds is 9. The molecule has 1 aromatic heterocycles. The van der Waals surface area contributed by atoms with E-state index in [4.69, 9.17) is 12.2 Å². The Bertz CT molecular complexity index is 1660. The molecule has 1 saturated heterocycles. The lowest BCUT2D eigenvalue weighted by Crippen LogP contribution is -2.60. The van der Waals surface area contributed by atoms with E-state index < -0.39 is 37.9 Å². The predicted octanol–water partition coefficient (Wildman–Crippen LogP) is 4.13. The van der Waals surface area contributed by atoms with Crippen molar-refractivity contribution >= 4 is 42.8 Å². The molecule has 1 aromatic carbocycles. The van der Waals surface area contributed by atoms with Gasteiger partial charge in [0.1, 0.15) is 4.90 Å². The lowest BCUT2D eigenvalue weighted by atomic mass is 9.92. The number of anilines is 1. The molecule has 0 radical (unpaired) electrons. The van der Waals surface area contributed by atoms with E-state index in [1.807, 2.05) is 4.90 Å². The summed E-state index contributed by atoms with van der Waals surface area (Å²) in [6.07, 6.45) is 5.14. The Hall–Kier alpha value is -2.69. The average molecular weight is 671 g/mol. The molecule has 1 aliphatic heterocycles. The Labute approximate surface area is 260 Å². The SMILES string of the molecule is C[C@](O)(c1ccc(N2CCN(S(=O)(=O)C3=CC=CCC3=S)C[C@@H]2CN(C2CCC2)S(=O)(=O)c2cccnc2)cc1)C(F)(F)F. The Morgan fingerprint density at radius 1 is 1.09 bits per heavy atom. The van der Waals surface area contributed by atoms with Gasteiger partial charge in [-0.05, 0) is 55.7 Å². The van der Waals surface area contributed by atoms with Gasteiger partial charge < -0.3 is 10.0 Å². The van der Waals surface area contributed by atoms with Crippen molar-refractivity contribution in [1.82, 2.24) is 13.6 Å². The number of pyridine rings is 1. The van der Waals surface area contributed by atoms with Crippen LogP contribution >= 0.6 is 12.2 Å². The first kappa shape index (κ1) is 32.7. The molecule has 0 bridgehead atoms. The second-order valence-corrected chi connectivity index (χ2v) is 15.6. The van der Waals surface area contributed by atoms with Crippen LogP contribution in [0.15, 0.2) is 76.8 Å². The highest BCUT2D eigenvalue weighted by molar-refractivity contribution is 7.96. The summed E-state index contributed by atoms with van der Waals surface area (Å²) in [5.41, 5.74) is -2.96. The predicted molar refractivity (Wildman–Crippen MR) is 164 cm³/mol. The van der Waals surface area contributed by atoms with Crippen molar-refractivity contribution in [1.29, 1.82) is 0 Å². The maximum absolute atomic E-state index is 13.9. The first-order chi connectivity index (χ1) is 20.6. The number of hydrogen-bond donors (Lipinski definition) is 1. The van der Waals surface area contributed by atoms with Crippen LogP contribution in [0.1, 0.15) is 38.2 Å². The number of aromatic nitrogens is 1. The number of thiocarbonyl (C=S) groups is 1. The number of benzene rings is 1. The summed E-state index contributed by atoms with van der Waals surface area (Å²) in [6, 6.07) is 7.20. The Morgan fingerprint density at radius 2 is 1.80 bits per heavy atom. The normalized spacial score (nSPS) is 22.0. The summed E-state index contributed by atoms with van der Waals surface area (Å²) in [7, 11) is -8.03. The van der Waals surface area contributed by atoms with E-state index in [0.29, 0.717) is 31.9 Å². The summed E-state index contributed by atoms with van der Waals surface area (Å²) in [6.45, 7) is 0.705. The molecule has 44 heavy (non-hydrogen) atoms. The third-order valence-corrected chi connectivity index (χ3v) is 12.8. The Kier molecular flexibility index (Phi) is 9.10. The molecule has 5 rings (SSSR count). The van der Waals surface area contributed by atoms with Crippen LogP contribution in [-0.4, -0.2) is 84.8 Å². The number of aliphatic hydroxyl groups is 1. The van der Waals surface area contributed by atoms with Crippen molar-refractivity contribution in [2.45, 2.75) is 61.4 Å². The molecule has 1 N–H and O–H groups in total. The first-order valence-corrected chi connectivity index (χ1v) is 17.4. The number of sulfonamides is 2. The molecule has 15 heteroatoms. The summed E-state index contributed by atoms with van der Waals surface area (Å²) in [5, 5.41) is 10.1. The summed E-state index contributed by atoms with van der Waals surface area (Å²) >= 11 is 5.34. The van der Waals surface area contributed by atoms with Crippen LogP contribution in [-0.2, 0) is 25.6 Å². The number of allylic oxidation sites excluding steroid dienone is 4. The van der Waals surface area contributed by atoms with Crippen molar-refractivity contribution in [2.24, 2.45) is 0 Å². The molecule has 9 nitrogen and oxygen atoms in total. The fraction of sp³-hybridized carbons (Fsp3) is 0.448. The lowest BCUT2D eigenvalue weighted by molar-refractivity contribution is -0.258. The van der Waals surface area contributed by atoms with Gasteiger partial charge >= 0.3 is 6.18 Å². The zero-order valence-electron chi connectivity index (χ0n) is 23.9. The van der Waals surface area contributed by atoms with Crippen molar-refractivity contribution in [2.75, 3.05) is 31.1 Å². The summed E-state index contributed by atoms with van der Waals surface area (Å²) in [4.78, 5) is 6.11. The van der Waals surface area contributed by atoms with Crippen LogP contribution in [0.2, 0.25) is 0 Å². The van der Waals surface area contributed by atoms with Crippen molar-refractivity contribution in [3.05, 3.63) is 77.5 Å². The van der Waals surface area contributed by atoms with Gasteiger partial charge in [0.25, 0.3) is 0 Å². The van der Waals surface area contributed by atoms with Crippen molar-refractivity contribution < 1.29 is 35.1 Å². The molecule has 0 amide bonds. The van der Waals surface area contributed by atoms with E-state index in [1.54, 1.807) is 12.2 Å². The minimum Gasteiger partial charge on any atom is -0.376 e. The highest BCUT2D eigenvalue weighted by atomic mass is 32.2. The van der Waals surface area contributed by atoms with Gasteiger partial charge in [0.2, 0.25) is 20.0 Å². The van der Waals surface area contributed by atoms with Gasteiger partial charge in [0.05, 0.1) is 10.9 Å². The van der Waals surface area contributed by atoms with Crippen LogP contribution in [0.4, 0.5) is 18.9 Å². The topological polar surface area (TPSA) is 111 Å². The maximum atomic E-state index is 13.9. The minimum atomic E-state index is -4.90. The van der Waals surface area contributed by atoms with E-state index >= 15 is 0 Å². The summed E-state index contributed by atoms with van der Waals surface area (Å²) in [5.74, 6) is 0. The molecule has 1 saturated carbocycles. The van der Waals surface area contributed by atoms with Crippen molar-refractivity contribution in [3.63, 3.8) is 0 Å². The zero-order chi connectivity index (χ0) is 31.9. The van der Waals surface area contributed by atoms with Gasteiger partial charge in [-0.3, -0.25) is 4.98 Å². The highest BCUT2D eigenvalue weighted by Gasteiger charge is 2.51. The van der Waals surface area contributed by atoms with E-state index in [0.717, 1.165) is 6.42 Å². The van der Waals surface area contributed by atoms with Crippen LogP contribution in [0, 0.1) is 0 Å². The largest absolute Gasteiger partial charge is 0.421 e. The van der Waals surface area contributed by atoms with Crippen molar-refractivity contribution in [3.8, 4) is 0 Å². The molecule has 2 aliphatic carbocycles. The number of alkyl halides is 3. The number of halogens is 3. The fourth-order valence-corrected chi connectivity index (χ4v) is 9.29. The molecule has 2 aromatic rings. The molecular formula is C29H33F3N4O5S3. The second-order valence-electron chi connectivity index (χ2n) is 11.3. The van der Waals surface area contributed by atoms with Gasteiger partial charge in [-0.15, -0.1) is 0 Å². The summed E-state index contributed by atoms with van der Waals surface area (Å²) < 4.78 is 98.3. The molecular weight excluding hydrogens is 638 g/mol. The van der Waals surface area contributed by atoms with Crippen LogP contribution in [0.5, 0.6) is 0 Å². The average Bonchev–Trinajstić information content (AvgIpc) is 2.96. The van der Waals surface area contributed by atoms with E-state index in [1.165, 1.54) is 63.5 Å². The number of hydrogen-bond acceptors (Lipinski definition) is 8. The van der Waals surface area contributed by atoms with Gasteiger partial charge in [-0.2, -0.15) is 21.8 Å². The monoisotopic (exact) mass is 670 g/mol. The molecule has 3 aliphatic rings. The lowest BCUT2D eigenvalue weighted by Gasteiger charge is -2.46. The van der Waals surface area contributed by atoms with Gasteiger partial charge in [0, 0.05) is 61.6 Å². The molecule has 2 heterocycles. The second kappa shape index (κ2) is 12.2. The van der Waals surface area contributed by atoms with Crippen LogP contribution < -0.4 is 4.90 Å². The zero-order valence-corrected chi connectivity index (χ0v) is 26.3. The molecule has 2 atom stereocenters. The van der Waals surface area contributed by atoms with Gasteiger partial charge in [-0.1, -0.05) is 42.9 Å². The smallest absolute Gasteiger partial charge is 0.376 e. The third kappa shape index (κ3) is 6.22. The quantitative estimate of drug-likeness (QED) is 0.397. The first-order valence-electron chi connectivity index (χ1n) is 14.1. The van der Waals surface area contributed by atoms with E-state index in [-0.39, 0.29) is 52.4 Å². The number of nitrogens with zero attached hydrogens (tertiary/aromatic N) is 4. The van der Waals surface area contributed by atoms with Gasteiger partial charge in [0.15, 0.2) is 5.60 Å². The van der Waals surface area contributed by atoms with Gasteiger partial charge in [-0.25, -0.2) is 16.8 Å². The fourth-order valence-electron chi connectivity index (χ4n) is 5.54. The maximum Gasteiger partial charge on any atom is 0.421 e. The van der Waals surface area contributed by atoms with E-state index in [2.05, 4.69) is 4.98 Å². The van der Waals surface area contributed by atoms with Crippen LogP contribution in [0.25, 0.3) is 0 Å². The molecule has 2 fully saturated rings. The number of piperazine rings is 1. The third-order valence-electron chi connectivity index (χ3n) is 8.45. The van der Waals surface area contributed by atoms with Crippen LogP contribution in [0.3, 0.4) is 0 Å². The Balaban J connectivity index is 1.51. The molecule has 0 spiro atoms. The molecule has 0 unspecified atom stereocenters. The highest BCUT2D eigenvalue weighted by Crippen LogP contribution is 2.39. The minimum absolute atomic E-state index is 0.0157. The Morgan fingerprint density at radius 3 is 2.36 bits per heavy atom. The van der Waals surface area contributed by atoms with E-state index in [9.17, 15) is 35.1 Å².